The van der Waals surface area contributed by atoms with E-state index in [0.29, 0.717) is 5.56 Å². The van der Waals surface area contributed by atoms with Crippen molar-refractivity contribution in [2.75, 3.05) is 0 Å². The van der Waals surface area contributed by atoms with Crippen molar-refractivity contribution in [3.05, 3.63) is 53.1 Å². The normalized spacial score (nSPS) is 13.3. The molecule has 0 bridgehead atoms. The van der Waals surface area contributed by atoms with Crippen molar-refractivity contribution in [2.45, 2.75) is 19.3 Å². The predicted octanol–water partition coefficient (Wildman–Crippen LogP) is 3.25. The molecule has 0 atom stereocenters. The van der Waals surface area contributed by atoms with Crippen molar-refractivity contribution < 1.29 is 15.0 Å². The number of aryl methyl sites for hydroxylation is 2. The first-order valence-electron chi connectivity index (χ1n) is 6.33. The molecular weight excluding hydrogens is 240 g/mol. The van der Waals surface area contributed by atoms with Gasteiger partial charge in [0.1, 0.15) is 5.75 Å². The third-order valence-corrected chi connectivity index (χ3v) is 3.65. The fourth-order valence-electron chi connectivity index (χ4n) is 2.65. The van der Waals surface area contributed by atoms with Crippen molar-refractivity contribution in [3.8, 4) is 16.9 Å². The van der Waals surface area contributed by atoms with Gasteiger partial charge in [-0.3, -0.25) is 0 Å². The van der Waals surface area contributed by atoms with Gasteiger partial charge in [-0.05, 0) is 54.2 Å². The molecule has 2 aromatic carbocycles. The summed E-state index contributed by atoms with van der Waals surface area (Å²) >= 11 is 0. The molecule has 19 heavy (non-hydrogen) atoms. The summed E-state index contributed by atoms with van der Waals surface area (Å²) in [6, 6.07) is 10.7. The Morgan fingerprint density at radius 3 is 2.53 bits per heavy atom. The number of fused-ring (bicyclic) bond motifs is 1. The second kappa shape index (κ2) is 4.43. The van der Waals surface area contributed by atoms with Crippen molar-refractivity contribution in [2.24, 2.45) is 0 Å². The van der Waals surface area contributed by atoms with Gasteiger partial charge in [-0.25, -0.2) is 4.79 Å². The van der Waals surface area contributed by atoms with Gasteiger partial charge < -0.3 is 10.2 Å². The van der Waals surface area contributed by atoms with Crippen LogP contribution in [0.4, 0.5) is 0 Å². The minimum atomic E-state index is -1.03. The lowest BCUT2D eigenvalue weighted by Gasteiger charge is -2.08. The Bertz CT molecular complexity index is 659. The number of benzene rings is 2. The zero-order chi connectivity index (χ0) is 13.4. The minimum Gasteiger partial charge on any atom is -0.507 e. The van der Waals surface area contributed by atoms with Crippen LogP contribution < -0.4 is 0 Å². The third kappa shape index (κ3) is 2.08. The molecule has 0 aromatic heterocycles. The molecule has 0 fully saturated rings. The van der Waals surface area contributed by atoms with E-state index in [-0.39, 0.29) is 11.3 Å². The Kier molecular flexibility index (Phi) is 2.75. The fraction of sp³-hybridized carbons (Fsp3) is 0.188. The number of carboxylic acids is 1. The molecule has 0 unspecified atom stereocenters. The molecular formula is C16H14O3. The van der Waals surface area contributed by atoms with Gasteiger partial charge in [0.05, 0.1) is 5.56 Å². The van der Waals surface area contributed by atoms with Crippen LogP contribution in [0.1, 0.15) is 27.9 Å². The molecule has 3 rings (SSSR count). The number of aromatic hydroxyl groups is 1. The molecule has 1 aliphatic carbocycles. The number of phenolic OH excluding ortho intramolecular Hbond substituents is 1. The molecule has 2 N–H and O–H groups in total. The van der Waals surface area contributed by atoms with Crippen LogP contribution in [0.25, 0.3) is 11.1 Å². The van der Waals surface area contributed by atoms with Crippen molar-refractivity contribution in [1.29, 1.82) is 0 Å². The molecule has 0 radical (unpaired) electrons. The Hall–Kier alpha value is -2.29. The van der Waals surface area contributed by atoms with Crippen molar-refractivity contribution in [1.82, 2.24) is 0 Å². The summed E-state index contributed by atoms with van der Waals surface area (Å²) in [4.78, 5) is 10.8. The van der Waals surface area contributed by atoms with Crippen LogP contribution in [0.5, 0.6) is 5.75 Å². The van der Waals surface area contributed by atoms with E-state index in [0.717, 1.165) is 18.4 Å². The van der Waals surface area contributed by atoms with Gasteiger partial charge in [-0.1, -0.05) is 18.2 Å². The van der Waals surface area contributed by atoms with Gasteiger partial charge in [0.2, 0.25) is 0 Å². The largest absolute Gasteiger partial charge is 0.507 e. The number of hydrogen-bond acceptors (Lipinski definition) is 2. The summed E-state index contributed by atoms with van der Waals surface area (Å²) in [6.07, 6.45) is 3.39. The van der Waals surface area contributed by atoms with Crippen LogP contribution in [0, 0.1) is 0 Å². The topological polar surface area (TPSA) is 57.5 Å². The Balaban J connectivity index is 2.05. The van der Waals surface area contributed by atoms with Crippen LogP contribution >= 0.6 is 0 Å². The van der Waals surface area contributed by atoms with Gasteiger partial charge in [0.25, 0.3) is 0 Å². The standard InChI is InChI=1S/C16H14O3/c17-15-9-13(16(18)19)6-7-14(15)12-5-4-10-2-1-3-11(10)8-12/h4-9,17H,1-3H2,(H,18,19). The molecule has 3 heteroatoms. The maximum atomic E-state index is 10.8. The van der Waals surface area contributed by atoms with Gasteiger partial charge in [-0.15, -0.1) is 0 Å². The first-order valence-corrected chi connectivity index (χ1v) is 6.33. The van der Waals surface area contributed by atoms with E-state index in [2.05, 4.69) is 12.1 Å². The molecule has 0 aliphatic heterocycles. The Morgan fingerprint density at radius 2 is 1.79 bits per heavy atom. The molecule has 2 aromatic rings. The molecule has 0 amide bonds. The van der Waals surface area contributed by atoms with Crippen LogP contribution in [-0.4, -0.2) is 16.2 Å². The molecule has 0 heterocycles. The number of rotatable bonds is 2. The van der Waals surface area contributed by atoms with Crippen LogP contribution in [-0.2, 0) is 12.8 Å². The molecule has 0 saturated carbocycles. The van der Waals surface area contributed by atoms with E-state index >= 15 is 0 Å². The summed E-state index contributed by atoms with van der Waals surface area (Å²) in [5, 5.41) is 18.9. The molecule has 0 spiro atoms. The number of carbonyl (C=O) groups is 1. The van der Waals surface area contributed by atoms with E-state index in [4.69, 9.17) is 5.11 Å². The number of phenols is 1. The van der Waals surface area contributed by atoms with Crippen molar-refractivity contribution in [3.63, 3.8) is 0 Å². The highest BCUT2D eigenvalue weighted by Gasteiger charge is 2.14. The minimum absolute atomic E-state index is 0.0119. The highest BCUT2D eigenvalue weighted by molar-refractivity contribution is 5.89. The van der Waals surface area contributed by atoms with E-state index < -0.39 is 5.97 Å². The maximum Gasteiger partial charge on any atom is 0.335 e. The first kappa shape index (κ1) is 11.8. The monoisotopic (exact) mass is 254 g/mol. The van der Waals surface area contributed by atoms with Gasteiger partial charge in [0.15, 0.2) is 0 Å². The summed E-state index contributed by atoms with van der Waals surface area (Å²) < 4.78 is 0. The molecule has 3 nitrogen and oxygen atoms in total. The van der Waals surface area contributed by atoms with E-state index in [1.807, 2.05) is 6.07 Å². The van der Waals surface area contributed by atoms with E-state index in [9.17, 15) is 9.90 Å². The maximum absolute atomic E-state index is 10.8. The first-order chi connectivity index (χ1) is 9.15. The van der Waals surface area contributed by atoms with Crippen LogP contribution in [0.3, 0.4) is 0 Å². The van der Waals surface area contributed by atoms with E-state index in [1.165, 1.54) is 29.7 Å². The fourth-order valence-corrected chi connectivity index (χ4v) is 2.65. The Labute approximate surface area is 111 Å². The zero-order valence-corrected chi connectivity index (χ0v) is 10.4. The smallest absolute Gasteiger partial charge is 0.335 e. The quantitative estimate of drug-likeness (QED) is 0.864. The highest BCUT2D eigenvalue weighted by Crippen LogP contribution is 2.33. The summed E-state index contributed by atoms with van der Waals surface area (Å²) in [5.74, 6) is -1.02. The van der Waals surface area contributed by atoms with E-state index in [1.54, 1.807) is 6.07 Å². The lowest BCUT2D eigenvalue weighted by molar-refractivity contribution is 0.0696. The number of hydrogen-bond donors (Lipinski definition) is 2. The summed E-state index contributed by atoms with van der Waals surface area (Å²) in [7, 11) is 0. The second-order valence-electron chi connectivity index (χ2n) is 4.87. The van der Waals surface area contributed by atoms with Gasteiger partial charge >= 0.3 is 5.97 Å². The number of carboxylic acid groups (broad SMARTS) is 1. The average Bonchev–Trinajstić information content (AvgIpc) is 2.85. The summed E-state index contributed by atoms with van der Waals surface area (Å²) in [6.45, 7) is 0. The lowest BCUT2D eigenvalue weighted by Crippen LogP contribution is -1.95. The Morgan fingerprint density at radius 1 is 1.00 bits per heavy atom. The van der Waals surface area contributed by atoms with Crippen LogP contribution in [0.15, 0.2) is 36.4 Å². The lowest BCUT2D eigenvalue weighted by atomic mass is 9.99. The second-order valence-corrected chi connectivity index (χ2v) is 4.87. The number of aromatic carboxylic acids is 1. The van der Waals surface area contributed by atoms with Crippen LogP contribution in [0.2, 0.25) is 0 Å². The summed E-state index contributed by atoms with van der Waals surface area (Å²) in [5.41, 5.74) is 4.43. The van der Waals surface area contributed by atoms with Gasteiger partial charge in [0, 0.05) is 5.56 Å². The average molecular weight is 254 g/mol. The third-order valence-electron chi connectivity index (χ3n) is 3.65. The van der Waals surface area contributed by atoms with Gasteiger partial charge in [-0.2, -0.15) is 0 Å². The molecule has 96 valence electrons. The highest BCUT2D eigenvalue weighted by atomic mass is 16.4. The molecule has 1 aliphatic rings. The predicted molar refractivity (Wildman–Crippen MR) is 72.5 cm³/mol. The van der Waals surface area contributed by atoms with Crippen molar-refractivity contribution >= 4 is 5.97 Å². The molecule has 0 saturated heterocycles. The SMILES string of the molecule is O=C(O)c1ccc(-c2ccc3c(c2)CCC3)c(O)c1. The zero-order valence-electron chi connectivity index (χ0n) is 10.4.